The summed E-state index contributed by atoms with van der Waals surface area (Å²) in [5.41, 5.74) is -0.752. The Morgan fingerprint density at radius 3 is 2.41 bits per heavy atom. The van der Waals surface area contributed by atoms with Gasteiger partial charge in [0.05, 0.1) is 13.1 Å². The molecule has 0 aromatic rings. The number of likely N-dealkylation sites (tertiary alicyclic amines) is 1. The Morgan fingerprint density at radius 1 is 1.29 bits per heavy atom. The minimum atomic E-state index is -0.752. The molecule has 2 aliphatic rings. The molecule has 0 bridgehead atoms. The Kier molecular flexibility index (Phi) is 3.54. The molecule has 0 aromatic heterocycles. The molecule has 1 aliphatic carbocycles. The average Bonchev–Trinajstić information content (AvgIpc) is 2.65. The fraction of sp³-hybridized carbons (Fsp3) is 1.00. The van der Waals surface area contributed by atoms with E-state index in [4.69, 9.17) is 0 Å². The predicted molar refractivity (Wildman–Crippen MR) is 69.2 cm³/mol. The van der Waals surface area contributed by atoms with Gasteiger partial charge in [0.25, 0.3) is 0 Å². The highest BCUT2D eigenvalue weighted by molar-refractivity contribution is 4.92. The second-order valence-electron chi connectivity index (χ2n) is 6.76. The summed E-state index contributed by atoms with van der Waals surface area (Å²) in [4.78, 5) is 0. The van der Waals surface area contributed by atoms with Crippen molar-refractivity contribution < 1.29 is 9.75 Å². The highest BCUT2D eigenvalue weighted by Gasteiger charge is 2.48. The molecule has 1 N–H and O–H groups in total. The van der Waals surface area contributed by atoms with Gasteiger partial charge in [-0.25, -0.2) is 0 Å². The van der Waals surface area contributed by atoms with E-state index in [9.17, 15) is 10.3 Å². The van der Waals surface area contributed by atoms with Gasteiger partial charge in [-0.3, -0.25) is 0 Å². The van der Waals surface area contributed by atoms with Gasteiger partial charge in [0.1, 0.15) is 11.6 Å². The van der Waals surface area contributed by atoms with Gasteiger partial charge in [-0.1, -0.05) is 13.8 Å². The van der Waals surface area contributed by atoms with Crippen LogP contribution in [0.5, 0.6) is 0 Å². The molecular weight excluding hydrogens is 214 g/mol. The molecule has 3 heteroatoms. The van der Waals surface area contributed by atoms with Gasteiger partial charge in [-0.15, -0.1) is 0 Å². The number of hydrogen-bond donors (Lipinski definition) is 1. The standard InChI is InChI=1S/C14H27NO2/c1-11(2)12-6-7-14(3,16)13(10-12)15(17)8-4-5-9-15/h11-13,16H,4-10H2,1-3H3/t12-,13+,14+/m0/s1. The van der Waals surface area contributed by atoms with Crippen LogP contribution in [0.15, 0.2) is 0 Å². The zero-order valence-corrected chi connectivity index (χ0v) is 11.5. The van der Waals surface area contributed by atoms with E-state index in [1.54, 1.807) is 0 Å². The van der Waals surface area contributed by atoms with E-state index >= 15 is 0 Å². The molecule has 0 unspecified atom stereocenters. The van der Waals surface area contributed by atoms with E-state index in [0.717, 1.165) is 32.1 Å². The Bertz CT molecular complexity index is 269. The lowest BCUT2D eigenvalue weighted by molar-refractivity contribution is -0.903. The molecule has 0 radical (unpaired) electrons. The van der Waals surface area contributed by atoms with Crippen LogP contribution in [0.4, 0.5) is 0 Å². The number of rotatable bonds is 2. The molecule has 100 valence electrons. The van der Waals surface area contributed by atoms with Crippen molar-refractivity contribution in [2.75, 3.05) is 13.1 Å². The second kappa shape index (κ2) is 4.52. The fourth-order valence-corrected chi connectivity index (χ4v) is 3.79. The van der Waals surface area contributed by atoms with Crippen LogP contribution >= 0.6 is 0 Å². The molecule has 3 atom stereocenters. The first kappa shape index (κ1) is 13.3. The quantitative estimate of drug-likeness (QED) is 0.596. The summed E-state index contributed by atoms with van der Waals surface area (Å²) in [5, 5.41) is 23.4. The highest BCUT2D eigenvalue weighted by Crippen LogP contribution is 2.42. The fourth-order valence-electron chi connectivity index (χ4n) is 3.79. The van der Waals surface area contributed by atoms with Crippen molar-refractivity contribution in [3.05, 3.63) is 5.21 Å². The lowest BCUT2D eigenvalue weighted by atomic mass is 9.71. The van der Waals surface area contributed by atoms with Crippen molar-refractivity contribution in [2.45, 2.75) is 64.5 Å². The maximum atomic E-state index is 12.8. The minimum Gasteiger partial charge on any atom is -0.633 e. The van der Waals surface area contributed by atoms with Gasteiger partial charge in [0.15, 0.2) is 0 Å². The van der Waals surface area contributed by atoms with E-state index in [2.05, 4.69) is 13.8 Å². The number of nitrogens with zero attached hydrogens (tertiary/aromatic N) is 1. The molecule has 1 saturated heterocycles. The topological polar surface area (TPSA) is 43.3 Å². The lowest BCUT2D eigenvalue weighted by Crippen LogP contribution is -2.61. The summed E-state index contributed by atoms with van der Waals surface area (Å²) in [6.07, 6.45) is 4.84. The summed E-state index contributed by atoms with van der Waals surface area (Å²) >= 11 is 0. The van der Waals surface area contributed by atoms with Gasteiger partial charge in [0, 0.05) is 19.3 Å². The van der Waals surface area contributed by atoms with Gasteiger partial charge in [-0.2, -0.15) is 0 Å². The Morgan fingerprint density at radius 2 is 1.88 bits per heavy atom. The summed E-state index contributed by atoms with van der Waals surface area (Å²) in [5.74, 6) is 1.24. The van der Waals surface area contributed by atoms with Crippen LogP contribution in [0, 0.1) is 17.0 Å². The molecular formula is C14H27NO2. The largest absolute Gasteiger partial charge is 0.633 e. The van der Waals surface area contributed by atoms with Gasteiger partial charge < -0.3 is 15.0 Å². The molecule has 0 aromatic carbocycles. The van der Waals surface area contributed by atoms with Crippen molar-refractivity contribution in [2.24, 2.45) is 11.8 Å². The molecule has 2 rings (SSSR count). The van der Waals surface area contributed by atoms with Crippen molar-refractivity contribution in [1.82, 2.24) is 0 Å². The number of aliphatic hydroxyl groups is 1. The first-order chi connectivity index (χ1) is 7.85. The predicted octanol–water partition coefficient (Wildman–Crippen LogP) is 2.67. The van der Waals surface area contributed by atoms with Gasteiger partial charge in [0.2, 0.25) is 0 Å². The summed E-state index contributed by atoms with van der Waals surface area (Å²) in [6, 6.07) is -0.0915. The van der Waals surface area contributed by atoms with E-state index < -0.39 is 5.60 Å². The van der Waals surface area contributed by atoms with Crippen molar-refractivity contribution >= 4 is 0 Å². The lowest BCUT2D eigenvalue weighted by Gasteiger charge is -2.54. The third kappa shape index (κ3) is 2.51. The van der Waals surface area contributed by atoms with Crippen LogP contribution in [0.25, 0.3) is 0 Å². The minimum absolute atomic E-state index is 0.0915. The summed E-state index contributed by atoms with van der Waals surface area (Å²) < 4.78 is -0.129. The smallest absolute Gasteiger partial charge is 0.118 e. The first-order valence-corrected chi connectivity index (χ1v) is 7.15. The SMILES string of the molecule is CC(C)[C@H]1CC[C@@](C)(O)[C@H]([N+]2([O-])CCCC2)C1. The van der Waals surface area contributed by atoms with E-state index in [1.807, 2.05) is 6.92 Å². The van der Waals surface area contributed by atoms with Crippen molar-refractivity contribution in [1.29, 1.82) is 0 Å². The molecule has 17 heavy (non-hydrogen) atoms. The third-order valence-corrected chi connectivity index (χ3v) is 5.10. The van der Waals surface area contributed by atoms with E-state index in [0.29, 0.717) is 24.9 Å². The number of hydroxylamine groups is 3. The van der Waals surface area contributed by atoms with Gasteiger partial charge in [-0.05, 0) is 31.6 Å². The van der Waals surface area contributed by atoms with Crippen molar-refractivity contribution in [3.63, 3.8) is 0 Å². The van der Waals surface area contributed by atoms with E-state index in [1.165, 1.54) is 0 Å². The molecule has 2 fully saturated rings. The second-order valence-corrected chi connectivity index (χ2v) is 6.76. The van der Waals surface area contributed by atoms with Crippen LogP contribution < -0.4 is 0 Å². The van der Waals surface area contributed by atoms with Gasteiger partial charge >= 0.3 is 0 Å². The number of hydrogen-bond acceptors (Lipinski definition) is 2. The average molecular weight is 241 g/mol. The Labute approximate surface area is 105 Å². The van der Waals surface area contributed by atoms with Crippen LogP contribution in [0.2, 0.25) is 0 Å². The van der Waals surface area contributed by atoms with Crippen LogP contribution in [0.3, 0.4) is 0 Å². The van der Waals surface area contributed by atoms with E-state index in [-0.39, 0.29) is 10.7 Å². The normalized spacial score (nSPS) is 42.0. The molecule has 1 aliphatic heterocycles. The Hall–Kier alpha value is -0.120. The summed E-state index contributed by atoms with van der Waals surface area (Å²) in [6.45, 7) is 7.78. The molecule has 0 amide bonds. The summed E-state index contributed by atoms with van der Waals surface area (Å²) in [7, 11) is 0. The zero-order valence-electron chi connectivity index (χ0n) is 11.5. The highest BCUT2D eigenvalue weighted by atomic mass is 16.6. The maximum Gasteiger partial charge on any atom is 0.118 e. The van der Waals surface area contributed by atoms with Crippen molar-refractivity contribution in [3.8, 4) is 0 Å². The monoisotopic (exact) mass is 241 g/mol. The third-order valence-electron chi connectivity index (χ3n) is 5.10. The van der Waals surface area contributed by atoms with Crippen LogP contribution in [0.1, 0.15) is 52.9 Å². The maximum absolute atomic E-state index is 12.8. The molecule has 0 spiro atoms. The molecule has 1 saturated carbocycles. The van der Waals surface area contributed by atoms with Crippen LogP contribution in [-0.4, -0.2) is 34.5 Å². The zero-order chi connectivity index (χ0) is 12.7. The first-order valence-electron chi connectivity index (χ1n) is 7.15. The molecule has 1 heterocycles. The number of quaternary nitrogens is 1. The van der Waals surface area contributed by atoms with Crippen LogP contribution in [-0.2, 0) is 0 Å². The Balaban J connectivity index is 2.15. The molecule has 3 nitrogen and oxygen atoms in total.